The highest BCUT2D eigenvalue weighted by molar-refractivity contribution is 5.64. The first-order chi connectivity index (χ1) is 7.63. The molecule has 2 aromatic rings. The van der Waals surface area contributed by atoms with Gasteiger partial charge in [0.1, 0.15) is 5.82 Å². The number of nitrogens with zero attached hydrogens (tertiary/aromatic N) is 2. The molecule has 0 aliphatic carbocycles. The molecule has 16 heavy (non-hydrogen) atoms. The summed E-state index contributed by atoms with van der Waals surface area (Å²) in [4.78, 5) is 0. The van der Waals surface area contributed by atoms with Gasteiger partial charge in [-0.25, -0.2) is 4.39 Å². The molecular weight excluding hydrogens is 205 g/mol. The van der Waals surface area contributed by atoms with Gasteiger partial charge in [-0.15, -0.1) is 0 Å². The smallest absolute Gasteiger partial charge is 0.123 e. The normalized spacial score (nSPS) is 10.8. The molecule has 0 unspecified atom stereocenters. The van der Waals surface area contributed by atoms with Gasteiger partial charge in [0.15, 0.2) is 0 Å². The number of nitrogens with two attached hydrogens (primary N) is 1. The van der Waals surface area contributed by atoms with Crippen molar-refractivity contribution in [3.05, 3.63) is 41.3 Å². The van der Waals surface area contributed by atoms with Crippen LogP contribution in [0.15, 0.2) is 24.3 Å². The molecule has 0 aliphatic rings. The van der Waals surface area contributed by atoms with E-state index in [9.17, 15) is 4.39 Å². The average Bonchev–Trinajstić information content (AvgIpc) is 2.53. The highest BCUT2D eigenvalue weighted by Crippen LogP contribution is 2.25. The predicted molar refractivity (Wildman–Crippen MR) is 61.2 cm³/mol. The van der Waals surface area contributed by atoms with Crippen molar-refractivity contribution in [3.63, 3.8) is 0 Å². The van der Waals surface area contributed by atoms with Gasteiger partial charge in [-0.1, -0.05) is 12.1 Å². The topological polar surface area (TPSA) is 43.8 Å². The van der Waals surface area contributed by atoms with Crippen molar-refractivity contribution in [3.8, 4) is 11.3 Å². The molecule has 0 bridgehead atoms. The number of aromatic nitrogens is 2. The van der Waals surface area contributed by atoms with Gasteiger partial charge in [-0.3, -0.25) is 4.68 Å². The number of halogens is 1. The van der Waals surface area contributed by atoms with Gasteiger partial charge in [0, 0.05) is 19.2 Å². The molecule has 4 heteroatoms. The minimum Gasteiger partial charge on any atom is -0.325 e. The molecule has 3 nitrogen and oxygen atoms in total. The lowest BCUT2D eigenvalue weighted by molar-refractivity contribution is 0.628. The summed E-state index contributed by atoms with van der Waals surface area (Å²) in [6, 6.07) is 6.50. The standard InChI is InChI=1S/C12H14FN3/c1-8-11(7-14)15-16(2)12(8)9-4-3-5-10(13)6-9/h3-6H,7,14H2,1-2H3. The Morgan fingerprint density at radius 2 is 2.19 bits per heavy atom. The molecule has 0 saturated heterocycles. The van der Waals surface area contributed by atoms with E-state index in [1.807, 2.05) is 20.0 Å². The van der Waals surface area contributed by atoms with Gasteiger partial charge in [0.05, 0.1) is 11.4 Å². The van der Waals surface area contributed by atoms with Crippen molar-refractivity contribution in [2.75, 3.05) is 0 Å². The Labute approximate surface area is 93.7 Å². The summed E-state index contributed by atoms with van der Waals surface area (Å²) < 4.78 is 14.9. The van der Waals surface area contributed by atoms with Gasteiger partial charge in [-0.2, -0.15) is 5.10 Å². The van der Waals surface area contributed by atoms with Crippen molar-refractivity contribution in [2.45, 2.75) is 13.5 Å². The van der Waals surface area contributed by atoms with Crippen LogP contribution in [-0.2, 0) is 13.6 Å². The maximum Gasteiger partial charge on any atom is 0.123 e. The van der Waals surface area contributed by atoms with Crippen molar-refractivity contribution >= 4 is 0 Å². The number of aryl methyl sites for hydroxylation is 1. The fraction of sp³-hybridized carbons (Fsp3) is 0.250. The van der Waals surface area contributed by atoms with E-state index >= 15 is 0 Å². The second kappa shape index (κ2) is 4.06. The number of rotatable bonds is 2. The minimum atomic E-state index is -0.243. The largest absolute Gasteiger partial charge is 0.325 e. The van der Waals surface area contributed by atoms with Crippen molar-refractivity contribution in [1.82, 2.24) is 9.78 Å². The van der Waals surface area contributed by atoms with Crippen LogP contribution < -0.4 is 5.73 Å². The number of benzene rings is 1. The zero-order chi connectivity index (χ0) is 11.7. The molecule has 1 aromatic carbocycles. The van der Waals surface area contributed by atoms with E-state index in [1.54, 1.807) is 10.7 Å². The molecule has 0 fully saturated rings. The molecular formula is C12H14FN3. The first kappa shape index (κ1) is 10.8. The maximum atomic E-state index is 13.2. The summed E-state index contributed by atoms with van der Waals surface area (Å²) >= 11 is 0. The fourth-order valence-corrected chi connectivity index (χ4v) is 1.92. The molecule has 0 aliphatic heterocycles. The van der Waals surface area contributed by atoms with Crippen LogP contribution in [0, 0.1) is 12.7 Å². The van der Waals surface area contributed by atoms with E-state index in [2.05, 4.69) is 5.10 Å². The van der Waals surface area contributed by atoms with Gasteiger partial charge < -0.3 is 5.73 Å². The van der Waals surface area contributed by atoms with Gasteiger partial charge in [0.2, 0.25) is 0 Å². The molecule has 0 saturated carbocycles. The molecule has 0 amide bonds. The third-order valence-corrected chi connectivity index (χ3v) is 2.67. The summed E-state index contributed by atoms with van der Waals surface area (Å²) in [5.41, 5.74) is 9.19. The number of hydrogen-bond acceptors (Lipinski definition) is 2. The Kier molecular flexibility index (Phi) is 2.75. The third-order valence-electron chi connectivity index (χ3n) is 2.67. The summed E-state index contributed by atoms with van der Waals surface area (Å²) in [5.74, 6) is -0.243. The third kappa shape index (κ3) is 1.72. The lowest BCUT2D eigenvalue weighted by Crippen LogP contribution is -1.99. The van der Waals surface area contributed by atoms with E-state index in [4.69, 9.17) is 5.73 Å². The fourth-order valence-electron chi connectivity index (χ4n) is 1.92. The summed E-state index contributed by atoms with van der Waals surface area (Å²) in [5, 5.41) is 4.30. The van der Waals surface area contributed by atoms with Crippen molar-refractivity contribution < 1.29 is 4.39 Å². The highest BCUT2D eigenvalue weighted by atomic mass is 19.1. The molecule has 0 spiro atoms. The first-order valence-electron chi connectivity index (χ1n) is 5.12. The van der Waals surface area contributed by atoms with Crippen LogP contribution in [0.25, 0.3) is 11.3 Å². The van der Waals surface area contributed by atoms with Crippen LogP contribution in [0.4, 0.5) is 4.39 Å². The molecule has 0 atom stereocenters. The van der Waals surface area contributed by atoms with Crippen LogP contribution in [0.5, 0.6) is 0 Å². The summed E-state index contributed by atoms with van der Waals surface area (Å²) in [6.45, 7) is 2.35. The minimum absolute atomic E-state index is 0.243. The van der Waals surface area contributed by atoms with Crippen molar-refractivity contribution in [2.24, 2.45) is 12.8 Å². The molecule has 2 N–H and O–H groups in total. The molecule has 1 heterocycles. The van der Waals surface area contributed by atoms with E-state index in [1.165, 1.54) is 12.1 Å². The lowest BCUT2D eigenvalue weighted by atomic mass is 10.1. The summed E-state index contributed by atoms with van der Waals surface area (Å²) in [6.07, 6.45) is 0. The Balaban J connectivity index is 2.60. The van der Waals surface area contributed by atoms with E-state index in [0.717, 1.165) is 22.5 Å². The van der Waals surface area contributed by atoms with Gasteiger partial charge >= 0.3 is 0 Å². The second-order valence-corrected chi connectivity index (χ2v) is 3.76. The quantitative estimate of drug-likeness (QED) is 0.839. The second-order valence-electron chi connectivity index (χ2n) is 3.76. The number of hydrogen-bond donors (Lipinski definition) is 1. The van der Waals surface area contributed by atoms with Gasteiger partial charge in [0.25, 0.3) is 0 Å². The van der Waals surface area contributed by atoms with E-state index in [0.29, 0.717) is 6.54 Å². The van der Waals surface area contributed by atoms with E-state index in [-0.39, 0.29) is 5.82 Å². The molecule has 1 aromatic heterocycles. The molecule has 0 radical (unpaired) electrons. The Morgan fingerprint density at radius 3 is 2.75 bits per heavy atom. The van der Waals surface area contributed by atoms with E-state index < -0.39 is 0 Å². The maximum absolute atomic E-state index is 13.2. The SMILES string of the molecule is Cc1c(CN)nn(C)c1-c1cccc(F)c1. The van der Waals surface area contributed by atoms with Crippen LogP contribution in [0.1, 0.15) is 11.3 Å². The monoisotopic (exact) mass is 219 g/mol. The van der Waals surface area contributed by atoms with Crippen LogP contribution in [0.2, 0.25) is 0 Å². The molecule has 2 rings (SSSR count). The Bertz CT molecular complexity index is 517. The Hall–Kier alpha value is -1.68. The zero-order valence-corrected chi connectivity index (χ0v) is 9.37. The Morgan fingerprint density at radius 1 is 1.44 bits per heavy atom. The van der Waals surface area contributed by atoms with Gasteiger partial charge in [-0.05, 0) is 24.6 Å². The summed E-state index contributed by atoms with van der Waals surface area (Å²) in [7, 11) is 1.84. The molecule has 84 valence electrons. The average molecular weight is 219 g/mol. The van der Waals surface area contributed by atoms with Crippen LogP contribution in [0.3, 0.4) is 0 Å². The predicted octanol–water partition coefficient (Wildman–Crippen LogP) is 1.99. The zero-order valence-electron chi connectivity index (χ0n) is 9.37. The first-order valence-corrected chi connectivity index (χ1v) is 5.12. The lowest BCUT2D eigenvalue weighted by Gasteiger charge is -2.03. The van der Waals surface area contributed by atoms with Crippen molar-refractivity contribution in [1.29, 1.82) is 0 Å². The van der Waals surface area contributed by atoms with Crippen LogP contribution >= 0.6 is 0 Å². The van der Waals surface area contributed by atoms with Crippen LogP contribution in [-0.4, -0.2) is 9.78 Å². The highest BCUT2D eigenvalue weighted by Gasteiger charge is 2.12.